The van der Waals surface area contributed by atoms with E-state index in [0.29, 0.717) is 12.4 Å². The Morgan fingerprint density at radius 1 is 1.04 bits per heavy atom. The number of benzene rings is 1. The molecular formula is C23H31N3O2. The molecule has 5 heteroatoms. The third-order valence-electron chi connectivity index (χ3n) is 5.24. The van der Waals surface area contributed by atoms with Crippen molar-refractivity contribution in [2.45, 2.75) is 71.3 Å². The summed E-state index contributed by atoms with van der Waals surface area (Å²) in [5, 5.41) is 0. The molecule has 0 saturated carbocycles. The van der Waals surface area contributed by atoms with Crippen LogP contribution in [0.1, 0.15) is 64.4 Å². The van der Waals surface area contributed by atoms with Crippen LogP contribution in [0.3, 0.4) is 0 Å². The van der Waals surface area contributed by atoms with Crippen LogP contribution in [0.15, 0.2) is 36.7 Å². The van der Waals surface area contributed by atoms with Gasteiger partial charge in [0, 0.05) is 36.6 Å². The van der Waals surface area contributed by atoms with Gasteiger partial charge in [-0.3, -0.25) is 4.90 Å². The minimum atomic E-state index is -0.276. The van der Waals surface area contributed by atoms with Crippen molar-refractivity contribution in [3.05, 3.63) is 42.2 Å². The first kappa shape index (κ1) is 20.3. The molecule has 3 rings (SSSR count). The molecule has 1 amide bonds. The largest absolute Gasteiger partial charge is 0.446 e. The molecule has 1 unspecified atom stereocenters. The fourth-order valence-corrected chi connectivity index (χ4v) is 3.46. The average Bonchev–Trinajstić information content (AvgIpc) is 2.71. The Morgan fingerprint density at radius 2 is 1.71 bits per heavy atom. The molecule has 0 bridgehead atoms. The van der Waals surface area contributed by atoms with Crippen LogP contribution < -0.4 is 4.90 Å². The van der Waals surface area contributed by atoms with E-state index in [1.807, 2.05) is 43.6 Å². The molecule has 5 nitrogen and oxygen atoms in total. The molecule has 1 saturated heterocycles. The molecule has 28 heavy (non-hydrogen) atoms. The number of rotatable bonds is 9. The Balaban J connectivity index is 1.53. The van der Waals surface area contributed by atoms with Crippen molar-refractivity contribution < 1.29 is 9.53 Å². The van der Waals surface area contributed by atoms with Gasteiger partial charge in [-0.25, -0.2) is 14.8 Å². The Labute approximate surface area is 168 Å². The van der Waals surface area contributed by atoms with Gasteiger partial charge < -0.3 is 4.74 Å². The molecule has 1 aliphatic heterocycles. The van der Waals surface area contributed by atoms with Crippen molar-refractivity contribution in [3.8, 4) is 11.4 Å². The number of nitrogens with zero attached hydrogens (tertiary/aromatic N) is 3. The van der Waals surface area contributed by atoms with Crippen molar-refractivity contribution in [2.24, 2.45) is 0 Å². The minimum Gasteiger partial charge on any atom is -0.446 e. The summed E-state index contributed by atoms with van der Waals surface area (Å²) < 4.78 is 5.30. The van der Waals surface area contributed by atoms with E-state index < -0.39 is 0 Å². The zero-order chi connectivity index (χ0) is 19.8. The number of unbranched alkanes of at least 4 members (excludes halogenated alkanes) is 5. The molecule has 1 aromatic heterocycles. The number of aryl methyl sites for hydroxylation is 1. The van der Waals surface area contributed by atoms with E-state index in [0.717, 1.165) is 24.1 Å². The number of cyclic esters (lactones) is 1. The quantitative estimate of drug-likeness (QED) is 0.517. The Kier molecular flexibility index (Phi) is 7.40. The van der Waals surface area contributed by atoms with E-state index in [2.05, 4.69) is 16.9 Å². The van der Waals surface area contributed by atoms with Crippen LogP contribution in [0.4, 0.5) is 10.5 Å². The van der Waals surface area contributed by atoms with Crippen LogP contribution in [0.2, 0.25) is 0 Å². The number of aromatic nitrogens is 2. The van der Waals surface area contributed by atoms with Gasteiger partial charge in [-0.1, -0.05) is 39.0 Å². The van der Waals surface area contributed by atoms with Crippen molar-refractivity contribution in [1.29, 1.82) is 0 Å². The molecule has 2 aromatic rings. The van der Waals surface area contributed by atoms with Gasteiger partial charge in [0.1, 0.15) is 6.10 Å². The number of amides is 1. The SMILES string of the molecule is CCCCCCCCc1cnc(-c2ccc(N3CCC(C)OC3=O)cc2)nc1. The molecule has 1 atom stereocenters. The van der Waals surface area contributed by atoms with Gasteiger partial charge >= 0.3 is 6.09 Å². The second-order valence-electron chi connectivity index (χ2n) is 7.61. The van der Waals surface area contributed by atoms with Crippen molar-refractivity contribution in [1.82, 2.24) is 9.97 Å². The van der Waals surface area contributed by atoms with Crippen LogP contribution in [-0.2, 0) is 11.2 Å². The Morgan fingerprint density at radius 3 is 2.39 bits per heavy atom. The second kappa shape index (κ2) is 10.2. The van der Waals surface area contributed by atoms with Crippen LogP contribution >= 0.6 is 0 Å². The third-order valence-corrected chi connectivity index (χ3v) is 5.24. The van der Waals surface area contributed by atoms with Crippen LogP contribution in [0.5, 0.6) is 0 Å². The van der Waals surface area contributed by atoms with E-state index >= 15 is 0 Å². The van der Waals surface area contributed by atoms with Crippen molar-refractivity contribution in [3.63, 3.8) is 0 Å². The second-order valence-corrected chi connectivity index (χ2v) is 7.61. The molecule has 0 N–H and O–H groups in total. The number of carbonyl (C=O) groups excluding carboxylic acids is 1. The standard InChI is InChI=1S/C23H31N3O2/c1-3-4-5-6-7-8-9-19-16-24-22(25-17-19)20-10-12-21(13-11-20)26-15-14-18(2)28-23(26)27/h10-13,16-18H,3-9,14-15H2,1-2H3. The third kappa shape index (κ3) is 5.54. The molecule has 1 aromatic carbocycles. The molecule has 150 valence electrons. The Bertz CT molecular complexity index is 743. The minimum absolute atomic E-state index is 0.00808. The van der Waals surface area contributed by atoms with E-state index in [1.54, 1.807) is 4.90 Å². The highest BCUT2D eigenvalue weighted by Crippen LogP contribution is 2.24. The maximum absolute atomic E-state index is 12.0. The summed E-state index contributed by atoms with van der Waals surface area (Å²) in [6, 6.07) is 7.78. The first-order valence-electron chi connectivity index (χ1n) is 10.6. The summed E-state index contributed by atoms with van der Waals surface area (Å²) in [5.74, 6) is 0.716. The number of hydrogen-bond acceptors (Lipinski definition) is 4. The summed E-state index contributed by atoms with van der Waals surface area (Å²) in [5.41, 5.74) is 3.00. The lowest BCUT2D eigenvalue weighted by Crippen LogP contribution is -2.41. The van der Waals surface area contributed by atoms with Gasteiger partial charge in [0.05, 0.1) is 0 Å². The fraction of sp³-hybridized carbons (Fsp3) is 0.522. The zero-order valence-corrected chi connectivity index (χ0v) is 17.1. The lowest BCUT2D eigenvalue weighted by molar-refractivity contribution is 0.0944. The van der Waals surface area contributed by atoms with Gasteiger partial charge in [0.25, 0.3) is 0 Å². The van der Waals surface area contributed by atoms with Crippen molar-refractivity contribution >= 4 is 11.8 Å². The maximum Gasteiger partial charge on any atom is 0.414 e. The summed E-state index contributed by atoms with van der Waals surface area (Å²) in [4.78, 5) is 22.8. The van der Waals surface area contributed by atoms with Crippen LogP contribution in [0, 0.1) is 0 Å². The van der Waals surface area contributed by atoms with Gasteiger partial charge in [-0.05, 0) is 49.6 Å². The van der Waals surface area contributed by atoms with Gasteiger partial charge in [0.2, 0.25) is 0 Å². The molecule has 1 fully saturated rings. The maximum atomic E-state index is 12.0. The summed E-state index contributed by atoms with van der Waals surface area (Å²) in [6.45, 7) is 4.85. The monoisotopic (exact) mass is 381 g/mol. The highest BCUT2D eigenvalue weighted by molar-refractivity contribution is 5.88. The number of ether oxygens (including phenoxy) is 1. The first-order chi connectivity index (χ1) is 13.7. The van der Waals surface area contributed by atoms with Gasteiger partial charge in [-0.15, -0.1) is 0 Å². The van der Waals surface area contributed by atoms with E-state index in [9.17, 15) is 4.79 Å². The van der Waals surface area contributed by atoms with E-state index in [1.165, 1.54) is 44.1 Å². The molecular weight excluding hydrogens is 350 g/mol. The smallest absolute Gasteiger partial charge is 0.414 e. The van der Waals surface area contributed by atoms with Crippen molar-refractivity contribution in [2.75, 3.05) is 11.4 Å². The summed E-state index contributed by atoms with van der Waals surface area (Å²) in [6.07, 6.45) is 13.2. The van der Waals surface area contributed by atoms with Crippen LogP contribution in [0.25, 0.3) is 11.4 Å². The highest BCUT2D eigenvalue weighted by Gasteiger charge is 2.25. The first-order valence-corrected chi connectivity index (χ1v) is 10.6. The predicted molar refractivity (Wildman–Crippen MR) is 112 cm³/mol. The fourth-order valence-electron chi connectivity index (χ4n) is 3.46. The normalized spacial score (nSPS) is 16.9. The zero-order valence-electron chi connectivity index (χ0n) is 17.1. The molecule has 1 aliphatic rings. The topological polar surface area (TPSA) is 55.3 Å². The lowest BCUT2D eigenvalue weighted by Gasteiger charge is -2.30. The van der Waals surface area contributed by atoms with Gasteiger partial charge in [-0.2, -0.15) is 0 Å². The average molecular weight is 382 g/mol. The predicted octanol–water partition coefficient (Wildman–Crippen LogP) is 5.78. The molecule has 0 spiro atoms. The molecule has 2 heterocycles. The van der Waals surface area contributed by atoms with Crippen LogP contribution in [-0.4, -0.2) is 28.7 Å². The summed E-state index contributed by atoms with van der Waals surface area (Å²) in [7, 11) is 0. The number of hydrogen-bond donors (Lipinski definition) is 0. The molecule has 0 aliphatic carbocycles. The Hall–Kier alpha value is -2.43. The lowest BCUT2D eigenvalue weighted by atomic mass is 10.1. The van der Waals surface area contributed by atoms with E-state index in [4.69, 9.17) is 4.74 Å². The van der Waals surface area contributed by atoms with Gasteiger partial charge in [0.15, 0.2) is 5.82 Å². The number of anilines is 1. The molecule has 0 radical (unpaired) electrons. The number of carbonyl (C=O) groups is 1. The van der Waals surface area contributed by atoms with E-state index in [-0.39, 0.29) is 12.2 Å². The highest BCUT2D eigenvalue weighted by atomic mass is 16.6. The summed E-state index contributed by atoms with van der Waals surface area (Å²) >= 11 is 0.